The van der Waals surface area contributed by atoms with Crippen LogP contribution in [0.4, 0.5) is 0 Å². The molecule has 0 aliphatic carbocycles. The first-order chi connectivity index (χ1) is 19.7. The van der Waals surface area contributed by atoms with Gasteiger partial charge in [-0.05, 0) is 61.1 Å². The number of nitrogens with zero attached hydrogens (tertiary/aromatic N) is 2. The van der Waals surface area contributed by atoms with Gasteiger partial charge in [0.1, 0.15) is 0 Å². The van der Waals surface area contributed by atoms with Crippen molar-refractivity contribution in [3.63, 3.8) is 0 Å². The molecule has 0 unspecified atom stereocenters. The molecule has 1 aromatic carbocycles. The molecule has 7 heteroatoms. The Bertz CT molecular complexity index is 1640. The summed E-state index contributed by atoms with van der Waals surface area (Å²) in [6.45, 7) is 13.3. The monoisotopic (exact) mass is 568 g/mol. The molecule has 0 spiro atoms. The van der Waals surface area contributed by atoms with Crippen LogP contribution in [0, 0.1) is 10.8 Å². The van der Waals surface area contributed by atoms with Gasteiger partial charge in [0.2, 0.25) is 11.7 Å². The number of methoxy groups -OCH3 is 2. The van der Waals surface area contributed by atoms with Gasteiger partial charge in [-0.15, -0.1) is 0 Å². The molecule has 0 N–H and O–H groups in total. The van der Waals surface area contributed by atoms with E-state index in [-0.39, 0.29) is 23.9 Å². The van der Waals surface area contributed by atoms with E-state index in [4.69, 9.17) is 9.47 Å². The third-order valence-electron chi connectivity index (χ3n) is 7.64. The van der Waals surface area contributed by atoms with E-state index in [1.807, 2.05) is 61.7 Å². The van der Waals surface area contributed by atoms with Gasteiger partial charge in [0.15, 0.2) is 5.78 Å². The maximum absolute atomic E-state index is 14.4. The van der Waals surface area contributed by atoms with Crippen molar-refractivity contribution in [2.75, 3.05) is 14.2 Å². The zero-order chi connectivity index (χ0) is 31.0. The summed E-state index contributed by atoms with van der Waals surface area (Å²) in [6.07, 6.45) is 3.75. The fraction of sp³-hybridized carbons (Fsp3) is 0.371. The molecule has 0 saturated carbocycles. The molecule has 0 bridgehead atoms. The van der Waals surface area contributed by atoms with Crippen molar-refractivity contribution in [3.8, 4) is 17.0 Å². The minimum atomic E-state index is -0.978. The van der Waals surface area contributed by atoms with Gasteiger partial charge in [-0.25, -0.2) is 4.98 Å². The van der Waals surface area contributed by atoms with E-state index in [2.05, 4.69) is 18.8 Å². The molecular formula is C35H40N2O5. The topological polar surface area (TPSA) is 87.0 Å². The van der Waals surface area contributed by atoms with Crippen molar-refractivity contribution in [3.05, 3.63) is 88.9 Å². The van der Waals surface area contributed by atoms with Crippen molar-refractivity contribution >= 4 is 23.1 Å². The van der Waals surface area contributed by atoms with Gasteiger partial charge < -0.3 is 13.9 Å². The molecular weight excluding hydrogens is 528 g/mol. The quantitative estimate of drug-likeness (QED) is 0.155. The second-order valence-corrected chi connectivity index (χ2v) is 12.7. The summed E-state index contributed by atoms with van der Waals surface area (Å²) in [5, 5.41) is 0. The smallest absolute Gasteiger partial charge is 0.311 e. The average Bonchev–Trinajstić information content (AvgIpc) is 3.27. The van der Waals surface area contributed by atoms with Crippen LogP contribution >= 0.6 is 0 Å². The Morgan fingerprint density at radius 3 is 2.07 bits per heavy atom. The second-order valence-electron chi connectivity index (χ2n) is 12.7. The van der Waals surface area contributed by atoms with Crippen LogP contribution in [-0.4, -0.2) is 41.1 Å². The number of aromatic nitrogens is 2. The molecule has 7 nitrogen and oxygen atoms in total. The van der Waals surface area contributed by atoms with Gasteiger partial charge in [0, 0.05) is 40.6 Å². The minimum absolute atomic E-state index is 0.0852. The van der Waals surface area contributed by atoms with Gasteiger partial charge in [-0.1, -0.05) is 58.9 Å². The van der Waals surface area contributed by atoms with E-state index in [0.717, 1.165) is 16.7 Å². The first-order valence-electron chi connectivity index (χ1n) is 14.1. The SMILES string of the molecule is COC(=O)C(C)(C)Cc1c(C(=O)C(C)(C)C)c2cc(C(C)C)ccn2c1C(=O)c1ccc(-c2ccc(OC)nc2)cc1. The van der Waals surface area contributed by atoms with Gasteiger partial charge in [-0.3, -0.25) is 14.4 Å². The van der Waals surface area contributed by atoms with Gasteiger partial charge in [0.05, 0.1) is 30.8 Å². The molecule has 0 aliphatic rings. The van der Waals surface area contributed by atoms with Crippen LogP contribution in [0.15, 0.2) is 60.9 Å². The van der Waals surface area contributed by atoms with Crippen molar-refractivity contribution in [1.82, 2.24) is 9.38 Å². The number of carbonyl (C=O) groups is 3. The lowest BCUT2D eigenvalue weighted by Gasteiger charge is -2.24. The van der Waals surface area contributed by atoms with Crippen LogP contribution in [0.5, 0.6) is 5.88 Å². The highest BCUT2D eigenvalue weighted by atomic mass is 16.5. The summed E-state index contributed by atoms with van der Waals surface area (Å²) in [6, 6.07) is 15.0. The number of ether oxygens (including phenoxy) is 2. The van der Waals surface area contributed by atoms with E-state index < -0.39 is 16.8 Å². The van der Waals surface area contributed by atoms with Crippen LogP contribution in [-0.2, 0) is 16.0 Å². The van der Waals surface area contributed by atoms with Crippen molar-refractivity contribution in [2.45, 2.75) is 60.8 Å². The number of hydrogen-bond donors (Lipinski definition) is 0. The first kappa shape index (κ1) is 30.7. The van der Waals surface area contributed by atoms with E-state index in [1.165, 1.54) is 7.11 Å². The Hall–Kier alpha value is -4.26. The molecule has 0 fully saturated rings. The highest BCUT2D eigenvalue weighted by Gasteiger charge is 2.38. The van der Waals surface area contributed by atoms with Crippen molar-refractivity contribution in [1.29, 1.82) is 0 Å². The van der Waals surface area contributed by atoms with Crippen LogP contribution in [0.25, 0.3) is 16.6 Å². The van der Waals surface area contributed by atoms with Crippen LogP contribution in [0.3, 0.4) is 0 Å². The Kier molecular flexibility index (Phi) is 8.44. The standard InChI is InChI=1S/C35H40N2O5/c1-21(2)24-16-17-37-27(18-24)29(32(39)34(3,4)5)26(19-35(6,7)33(40)42-9)30(37)31(38)23-12-10-22(11-13-23)25-14-15-28(41-8)36-20-25/h10-18,20-21H,19H2,1-9H3. The molecule has 0 amide bonds. The number of benzene rings is 1. The Labute approximate surface area is 247 Å². The highest BCUT2D eigenvalue weighted by molar-refractivity contribution is 6.15. The lowest BCUT2D eigenvalue weighted by molar-refractivity contribution is -0.150. The number of pyridine rings is 2. The first-order valence-corrected chi connectivity index (χ1v) is 14.1. The van der Waals surface area contributed by atoms with Gasteiger partial charge >= 0.3 is 5.97 Å². The molecule has 3 heterocycles. The normalized spacial score (nSPS) is 12.0. The number of esters is 1. The molecule has 0 atom stereocenters. The fourth-order valence-corrected chi connectivity index (χ4v) is 5.14. The molecule has 42 heavy (non-hydrogen) atoms. The summed E-state index contributed by atoms with van der Waals surface area (Å²) >= 11 is 0. The summed E-state index contributed by atoms with van der Waals surface area (Å²) < 4.78 is 12.1. The zero-order valence-corrected chi connectivity index (χ0v) is 26.0. The molecule has 4 aromatic rings. The Balaban J connectivity index is 1.95. The molecule has 0 aliphatic heterocycles. The molecule has 0 radical (unpaired) electrons. The predicted octanol–water partition coefficient (Wildman–Crippen LogP) is 7.33. The Morgan fingerprint density at radius 1 is 0.905 bits per heavy atom. The maximum Gasteiger partial charge on any atom is 0.311 e. The second kappa shape index (κ2) is 11.6. The number of fused-ring (bicyclic) bond motifs is 1. The van der Waals surface area contributed by atoms with E-state index in [1.54, 1.807) is 45.4 Å². The maximum atomic E-state index is 14.4. The number of hydrogen-bond acceptors (Lipinski definition) is 6. The summed E-state index contributed by atoms with van der Waals surface area (Å²) in [4.78, 5) is 45.5. The Morgan fingerprint density at radius 2 is 1.55 bits per heavy atom. The van der Waals surface area contributed by atoms with Crippen molar-refractivity contribution < 1.29 is 23.9 Å². The predicted molar refractivity (Wildman–Crippen MR) is 164 cm³/mol. The number of Topliss-reactive ketones (excluding diaryl/α,β-unsaturated/α-hetero) is 1. The van der Waals surface area contributed by atoms with E-state index in [0.29, 0.717) is 33.8 Å². The zero-order valence-electron chi connectivity index (χ0n) is 26.0. The highest BCUT2D eigenvalue weighted by Crippen LogP contribution is 2.37. The third-order valence-corrected chi connectivity index (χ3v) is 7.64. The van der Waals surface area contributed by atoms with Crippen LogP contribution < -0.4 is 4.74 Å². The fourth-order valence-electron chi connectivity index (χ4n) is 5.14. The summed E-state index contributed by atoms with van der Waals surface area (Å²) in [5.74, 6) is 0.0137. The number of carbonyl (C=O) groups excluding carboxylic acids is 3. The van der Waals surface area contributed by atoms with Crippen molar-refractivity contribution in [2.24, 2.45) is 10.8 Å². The summed E-state index contributed by atoms with van der Waals surface area (Å²) in [5.41, 5.74) is 3.71. The molecule has 4 rings (SSSR count). The van der Waals surface area contributed by atoms with E-state index >= 15 is 0 Å². The average molecular weight is 569 g/mol. The van der Waals surface area contributed by atoms with Crippen LogP contribution in [0.2, 0.25) is 0 Å². The molecule has 3 aromatic heterocycles. The van der Waals surface area contributed by atoms with Gasteiger partial charge in [0.25, 0.3) is 0 Å². The summed E-state index contributed by atoms with van der Waals surface area (Å²) in [7, 11) is 2.92. The number of ketones is 2. The lowest BCUT2D eigenvalue weighted by Crippen LogP contribution is -2.30. The van der Waals surface area contributed by atoms with E-state index in [9.17, 15) is 14.4 Å². The molecule has 220 valence electrons. The van der Waals surface area contributed by atoms with Crippen LogP contribution in [0.1, 0.15) is 91.9 Å². The molecule has 0 saturated heterocycles. The third kappa shape index (κ3) is 5.87. The number of rotatable bonds is 9. The largest absolute Gasteiger partial charge is 0.481 e. The minimum Gasteiger partial charge on any atom is -0.481 e. The lowest BCUT2D eigenvalue weighted by atomic mass is 9.79. The van der Waals surface area contributed by atoms with Gasteiger partial charge in [-0.2, -0.15) is 0 Å².